The van der Waals surface area contributed by atoms with E-state index in [1.54, 1.807) is 11.7 Å². The highest BCUT2D eigenvalue weighted by molar-refractivity contribution is 7.99. The van der Waals surface area contributed by atoms with Crippen molar-refractivity contribution in [2.24, 2.45) is 7.05 Å². The Bertz CT molecular complexity index is 610. The number of benzene rings is 1. The zero-order valence-corrected chi connectivity index (χ0v) is 10.7. The lowest BCUT2D eigenvalue weighted by Crippen LogP contribution is -1.98. The number of carboxylic acid groups (broad SMARTS) is 1. The van der Waals surface area contributed by atoms with Gasteiger partial charge in [0.15, 0.2) is 0 Å². The van der Waals surface area contributed by atoms with Crippen LogP contribution in [0.3, 0.4) is 0 Å². The second-order valence-electron chi connectivity index (χ2n) is 3.80. The molecular formula is C12H11FN2O2S. The van der Waals surface area contributed by atoms with Gasteiger partial charge in [-0.05, 0) is 31.2 Å². The number of carboxylic acids is 1. The van der Waals surface area contributed by atoms with Crippen LogP contribution in [0.4, 0.5) is 4.39 Å². The Labute approximate surface area is 107 Å². The summed E-state index contributed by atoms with van der Waals surface area (Å²) in [4.78, 5) is 11.1. The number of nitrogens with zero attached hydrogens (tertiary/aromatic N) is 2. The first-order valence-electron chi connectivity index (χ1n) is 5.18. The molecule has 0 fully saturated rings. The number of rotatable bonds is 3. The minimum absolute atomic E-state index is 0.0574. The molecule has 0 aliphatic heterocycles. The number of halogens is 1. The second kappa shape index (κ2) is 4.81. The maximum Gasteiger partial charge on any atom is 0.335 e. The summed E-state index contributed by atoms with van der Waals surface area (Å²) in [6, 6.07) is 5.71. The molecule has 2 aromatic rings. The van der Waals surface area contributed by atoms with E-state index in [0.29, 0.717) is 4.90 Å². The smallest absolute Gasteiger partial charge is 0.335 e. The molecule has 0 atom stereocenters. The van der Waals surface area contributed by atoms with Crippen molar-refractivity contribution in [3.8, 4) is 0 Å². The van der Waals surface area contributed by atoms with Gasteiger partial charge in [0, 0.05) is 11.9 Å². The molecule has 1 aromatic heterocycles. The highest BCUT2D eigenvalue weighted by Gasteiger charge is 2.11. The molecular weight excluding hydrogens is 255 g/mol. The van der Waals surface area contributed by atoms with Crippen molar-refractivity contribution in [3.05, 3.63) is 41.3 Å². The molecule has 18 heavy (non-hydrogen) atoms. The Kier molecular flexibility index (Phi) is 3.38. The van der Waals surface area contributed by atoms with E-state index in [0.717, 1.165) is 16.8 Å². The van der Waals surface area contributed by atoms with E-state index in [9.17, 15) is 9.18 Å². The molecule has 2 rings (SSSR count). The summed E-state index contributed by atoms with van der Waals surface area (Å²) in [5.74, 6) is -1.68. The van der Waals surface area contributed by atoms with Gasteiger partial charge in [0.1, 0.15) is 5.82 Å². The van der Waals surface area contributed by atoms with Gasteiger partial charge in [-0.25, -0.2) is 9.18 Å². The van der Waals surface area contributed by atoms with Gasteiger partial charge in [-0.1, -0.05) is 11.8 Å². The average Bonchev–Trinajstić information content (AvgIpc) is 2.60. The lowest BCUT2D eigenvalue weighted by molar-refractivity contribution is 0.0696. The summed E-state index contributed by atoms with van der Waals surface area (Å²) in [5.41, 5.74) is 0.792. The zero-order valence-electron chi connectivity index (χ0n) is 9.85. The predicted molar refractivity (Wildman–Crippen MR) is 65.4 cm³/mol. The van der Waals surface area contributed by atoms with Crippen molar-refractivity contribution < 1.29 is 14.3 Å². The minimum atomic E-state index is -1.14. The normalized spacial score (nSPS) is 10.6. The van der Waals surface area contributed by atoms with Crippen LogP contribution in [0.2, 0.25) is 0 Å². The van der Waals surface area contributed by atoms with Gasteiger partial charge >= 0.3 is 5.97 Å². The standard InChI is InChI=1S/C12H11FN2O2S/c1-7-5-11(15(2)14-7)18-10-4-3-8(12(16)17)6-9(10)13/h3-6H,1-2H3,(H,16,17). The van der Waals surface area contributed by atoms with Crippen LogP contribution in [-0.2, 0) is 7.05 Å². The first kappa shape index (κ1) is 12.6. The topological polar surface area (TPSA) is 55.1 Å². The highest BCUT2D eigenvalue weighted by atomic mass is 32.2. The van der Waals surface area contributed by atoms with E-state index in [4.69, 9.17) is 5.11 Å². The van der Waals surface area contributed by atoms with Gasteiger partial charge in [0.2, 0.25) is 0 Å². The summed E-state index contributed by atoms with van der Waals surface area (Å²) in [5, 5.41) is 13.7. The number of aryl methyl sites for hydroxylation is 2. The highest BCUT2D eigenvalue weighted by Crippen LogP contribution is 2.30. The molecule has 0 spiro atoms. The van der Waals surface area contributed by atoms with Crippen LogP contribution >= 0.6 is 11.8 Å². The first-order valence-corrected chi connectivity index (χ1v) is 6.00. The Balaban J connectivity index is 2.30. The minimum Gasteiger partial charge on any atom is -0.478 e. The van der Waals surface area contributed by atoms with Crippen LogP contribution in [0.1, 0.15) is 16.1 Å². The Morgan fingerprint density at radius 1 is 1.44 bits per heavy atom. The summed E-state index contributed by atoms with van der Waals surface area (Å²) in [7, 11) is 1.78. The van der Waals surface area contributed by atoms with Crippen molar-refractivity contribution in [3.63, 3.8) is 0 Å². The SMILES string of the molecule is Cc1cc(Sc2ccc(C(=O)O)cc2F)n(C)n1. The van der Waals surface area contributed by atoms with Crippen LogP contribution in [0.5, 0.6) is 0 Å². The molecule has 0 unspecified atom stereocenters. The quantitative estimate of drug-likeness (QED) is 0.928. The molecule has 0 bridgehead atoms. The molecule has 0 aliphatic rings. The first-order chi connectivity index (χ1) is 8.47. The lowest BCUT2D eigenvalue weighted by atomic mass is 10.2. The van der Waals surface area contributed by atoms with Crippen molar-refractivity contribution in [1.29, 1.82) is 0 Å². The third-order valence-corrected chi connectivity index (χ3v) is 3.49. The van der Waals surface area contributed by atoms with Crippen LogP contribution in [0, 0.1) is 12.7 Å². The zero-order chi connectivity index (χ0) is 13.3. The van der Waals surface area contributed by atoms with Crippen molar-refractivity contribution in [1.82, 2.24) is 9.78 Å². The van der Waals surface area contributed by atoms with Gasteiger partial charge in [0.05, 0.1) is 16.3 Å². The molecule has 0 aliphatic carbocycles. The summed E-state index contributed by atoms with van der Waals surface area (Å²) in [6.07, 6.45) is 0. The predicted octanol–water partition coefficient (Wildman–Crippen LogP) is 2.72. The van der Waals surface area contributed by atoms with Crippen LogP contribution in [0.25, 0.3) is 0 Å². The van der Waals surface area contributed by atoms with Crippen molar-refractivity contribution in [2.45, 2.75) is 16.8 Å². The fourth-order valence-corrected chi connectivity index (χ4v) is 2.43. The Hall–Kier alpha value is -1.82. The number of aromatic nitrogens is 2. The van der Waals surface area contributed by atoms with Crippen molar-refractivity contribution >= 4 is 17.7 Å². The maximum absolute atomic E-state index is 13.7. The molecule has 1 N–H and O–H groups in total. The van der Waals surface area contributed by atoms with E-state index < -0.39 is 11.8 Å². The lowest BCUT2D eigenvalue weighted by Gasteiger charge is -2.04. The summed E-state index contributed by atoms with van der Waals surface area (Å²) >= 11 is 1.21. The Morgan fingerprint density at radius 3 is 2.67 bits per heavy atom. The third-order valence-electron chi connectivity index (χ3n) is 2.35. The van der Waals surface area contributed by atoms with E-state index in [-0.39, 0.29) is 5.56 Å². The largest absolute Gasteiger partial charge is 0.478 e. The molecule has 0 radical (unpaired) electrons. The van der Waals surface area contributed by atoms with Gasteiger partial charge in [-0.3, -0.25) is 4.68 Å². The fourth-order valence-electron chi connectivity index (χ4n) is 1.51. The molecule has 6 heteroatoms. The van der Waals surface area contributed by atoms with Crippen molar-refractivity contribution in [2.75, 3.05) is 0 Å². The average molecular weight is 266 g/mol. The fraction of sp³-hybridized carbons (Fsp3) is 0.167. The molecule has 1 heterocycles. The Morgan fingerprint density at radius 2 is 2.17 bits per heavy atom. The van der Waals surface area contributed by atoms with Gasteiger partial charge in [-0.15, -0.1) is 0 Å². The van der Waals surface area contributed by atoms with E-state index in [2.05, 4.69) is 5.10 Å². The van der Waals surface area contributed by atoms with Gasteiger partial charge in [-0.2, -0.15) is 5.10 Å². The summed E-state index contributed by atoms with van der Waals surface area (Å²) < 4.78 is 15.4. The monoisotopic (exact) mass is 266 g/mol. The molecule has 0 saturated carbocycles. The van der Waals surface area contributed by atoms with Crippen LogP contribution < -0.4 is 0 Å². The van der Waals surface area contributed by atoms with E-state index >= 15 is 0 Å². The number of hydrogen-bond acceptors (Lipinski definition) is 3. The molecule has 0 amide bonds. The van der Waals surface area contributed by atoms with Gasteiger partial charge in [0.25, 0.3) is 0 Å². The molecule has 4 nitrogen and oxygen atoms in total. The number of hydrogen-bond donors (Lipinski definition) is 1. The van der Waals surface area contributed by atoms with Crippen LogP contribution in [0.15, 0.2) is 34.2 Å². The molecule has 1 aromatic carbocycles. The number of aromatic carboxylic acids is 1. The second-order valence-corrected chi connectivity index (χ2v) is 4.86. The number of carbonyl (C=O) groups is 1. The summed E-state index contributed by atoms with van der Waals surface area (Å²) in [6.45, 7) is 1.86. The van der Waals surface area contributed by atoms with Gasteiger partial charge < -0.3 is 5.11 Å². The van der Waals surface area contributed by atoms with Crippen LogP contribution in [-0.4, -0.2) is 20.9 Å². The van der Waals surface area contributed by atoms with E-state index in [1.807, 2.05) is 13.0 Å². The molecule has 0 saturated heterocycles. The molecule has 94 valence electrons. The third kappa shape index (κ3) is 2.53. The van der Waals surface area contributed by atoms with E-state index in [1.165, 1.54) is 23.9 Å². The maximum atomic E-state index is 13.7.